The fourth-order valence-corrected chi connectivity index (χ4v) is 1.73. The highest BCUT2D eigenvalue weighted by Crippen LogP contribution is 2.44. The molecule has 2 rings (SSSR count). The van der Waals surface area contributed by atoms with Crippen LogP contribution in [0.5, 0.6) is 0 Å². The SMILES string of the molecule is COC(=O)C1=CC2OC2(C)C=C1C(=O)OC. The quantitative estimate of drug-likeness (QED) is 0.500. The largest absolute Gasteiger partial charge is 0.465 e. The maximum absolute atomic E-state index is 11.5. The van der Waals surface area contributed by atoms with Crippen LogP contribution in [0.2, 0.25) is 0 Å². The predicted octanol–water partition coefficient (Wildman–Crippen LogP) is 0.356. The number of ether oxygens (including phenoxy) is 3. The zero-order chi connectivity index (χ0) is 11.9. The fourth-order valence-electron chi connectivity index (χ4n) is 1.73. The molecule has 0 N–H and O–H groups in total. The summed E-state index contributed by atoms with van der Waals surface area (Å²) >= 11 is 0. The van der Waals surface area contributed by atoms with Gasteiger partial charge in [-0.3, -0.25) is 0 Å². The smallest absolute Gasteiger partial charge is 0.338 e. The average Bonchev–Trinajstić information content (AvgIpc) is 2.95. The van der Waals surface area contributed by atoms with E-state index in [2.05, 4.69) is 9.47 Å². The Kier molecular flexibility index (Phi) is 2.35. The van der Waals surface area contributed by atoms with Crippen LogP contribution in [0.25, 0.3) is 0 Å². The molecule has 1 saturated heterocycles. The Morgan fingerprint density at radius 1 is 1.25 bits per heavy atom. The molecule has 0 bridgehead atoms. The van der Waals surface area contributed by atoms with Crippen molar-refractivity contribution >= 4 is 11.9 Å². The van der Waals surface area contributed by atoms with Crippen molar-refractivity contribution in [1.82, 2.24) is 0 Å². The molecular weight excluding hydrogens is 212 g/mol. The van der Waals surface area contributed by atoms with Crippen LogP contribution in [0.4, 0.5) is 0 Å². The molecule has 0 amide bonds. The highest BCUT2D eigenvalue weighted by Gasteiger charge is 2.53. The number of carbonyl (C=O) groups excluding carboxylic acids is 2. The molecule has 0 aromatic carbocycles. The van der Waals surface area contributed by atoms with E-state index >= 15 is 0 Å². The average molecular weight is 224 g/mol. The van der Waals surface area contributed by atoms with E-state index in [0.717, 1.165) is 0 Å². The summed E-state index contributed by atoms with van der Waals surface area (Å²) < 4.78 is 14.6. The Hall–Kier alpha value is -1.62. The minimum Gasteiger partial charge on any atom is -0.465 e. The number of hydrogen-bond acceptors (Lipinski definition) is 5. The first kappa shape index (κ1) is 10.9. The molecule has 0 radical (unpaired) electrons. The van der Waals surface area contributed by atoms with Crippen LogP contribution >= 0.6 is 0 Å². The maximum Gasteiger partial charge on any atom is 0.338 e. The molecule has 86 valence electrons. The molecular formula is C11H12O5. The van der Waals surface area contributed by atoms with Crippen molar-refractivity contribution in [2.45, 2.75) is 18.6 Å². The Labute approximate surface area is 92.7 Å². The van der Waals surface area contributed by atoms with E-state index in [4.69, 9.17) is 4.74 Å². The molecule has 2 aliphatic rings. The van der Waals surface area contributed by atoms with Gasteiger partial charge in [-0.25, -0.2) is 9.59 Å². The van der Waals surface area contributed by atoms with Crippen LogP contribution in [0, 0.1) is 0 Å². The first-order valence-electron chi connectivity index (χ1n) is 4.81. The second-order valence-corrected chi connectivity index (χ2v) is 3.84. The van der Waals surface area contributed by atoms with Gasteiger partial charge in [0.1, 0.15) is 11.7 Å². The molecule has 5 nitrogen and oxygen atoms in total. The van der Waals surface area contributed by atoms with Crippen molar-refractivity contribution in [3.05, 3.63) is 23.3 Å². The molecule has 16 heavy (non-hydrogen) atoms. The lowest BCUT2D eigenvalue weighted by atomic mass is 9.91. The summed E-state index contributed by atoms with van der Waals surface area (Å²) in [6, 6.07) is 0. The summed E-state index contributed by atoms with van der Waals surface area (Å²) in [6.45, 7) is 1.84. The van der Waals surface area contributed by atoms with Gasteiger partial charge < -0.3 is 14.2 Å². The van der Waals surface area contributed by atoms with Gasteiger partial charge >= 0.3 is 11.9 Å². The first-order valence-corrected chi connectivity index (χ1v) is 4.81. The third kappa shape index (κ3) is 1.53. The molecule has 0 aromatic rings. The minimum atomic E-state index is -0.563. The molecule has 1 aliphatic heterocycles. The van der Waals surface area contributed by atoms with Gasteiger partial charge in [0.25, 0.3) is 0 Å². The summed E-state index contributed by atoms with van der Waals surface area (Å²) in [5.74, 6) is -1.12. The summed E-state index contributed by atoms with van der Waals surface area (Å²) in [5, 5.41) is 0. The lowest BCUT2D eigenvalue weighted by Crippen LogP contribution is -2.22. The summed E-state index contributed by atoms with van der Waals surface area (Å²) in [4.78, 5) is 23.0. The van der Waals surface area contributed by atoms with Crippen molar-refractivity contribution in [2.75, 3.05) is 14.2 Å². The molecule has 0 spiro atoms. The molecule has 2 unspecified atom stereocenters. The number of fused-ring (bicyclic) bond motifs is 1. The van der Waals surface area contributed by atoms with E-state index in [-0.39, 0.29) is 17.3 Å². The molecule has 0 aromatic heterocycles. The summed E-state index contributed by atoms with van der Waals surface area (Å²) in [5.41, 5.74) is -0.0824. The molecule has 1 aliphatic carbocycles. The van der Waals surface area contributed by atoms with Gasteiger partial charge in [-0.15, -0.1) is 0 Å². The van der Waals surface area contributed by atoms with Gasteiger partial charge in [-0.05, 0) is 19.1 Å². The highest BCUT2D eigenvalue weighted by molar-refractivity contribution is 6.07. The Balaban J connectivity index is 2.37. The Morgan fingerprint density at radius 2 is 1.81 bits per heavy atom. The number of methoxy groups -OCH3 is 2. The number of carbonyl (C=O) groups is 2. The third-order valence-electron chi connectivity index (χ3n) is 2.74. The van der Waals surface area contributed by atoms with Crippen LogP contribution in [-0.4, -0.2) is 37.9 Å². The Bertz CT molecular complexity index is 420. The van der Waals surface area contributed by atoms with Crippen LogP contribution in [0.1, 0.15) is 6.92 Å². The van der Waals surface area contributed by atoms with Crippen molar-refractivity contribution in [1.29, 1.82) is 0 Å². The van der Waals surface area contributed by atoms with Crippen molar-refractivity contribution < 1.29 is 23.8 Å². The van der Waals surface area contributed by atoms with E-state index in [1.54, 1.807) is 12.2 Å². The standard InChI is InChI=1S/C11H12O5/c1-11-5-7(10(13)15-3)6(9(12)14-2)4-8(11)16-11/h4-5,8H,1-3H3. The number of epoxide rings is 1. The predicted molar refractivity (Wildman–Crippen MR) is 53.5 cm³/mol. The van der Waals surface area contributed by atoms with Crippen molar-refractivity contribution in [2.24, 2.45) is 0 Å². The topological polar surface area (TPSA) is 65.1 Å². The Morgan fingerprint density at radius 3 is 2.38 bits per heavy atom. The summed E-state index contributed by atoms with van der Waals surface area (Å²) in [6.07, 6.45) is 3.04. The van der Waals surface area contributed by atoms with Gasteiger partial charge in [0.2, 0.25) is 0 Å². The first-order chi connectivity index (χ1) is 7.51. The molecule has 5 heteroatoms. The molecule has 2 atom stereocenters. The van der Waals surface area contributed by atoms with Gasteiger partial charge in [0.15, 0.2) is 0 Å². The van der Waals surface area contributed by atoms with E-state index in [1.807, 2.05) is 6.92 Å². The molecule has 1 heterocycles. The van der Waals surface area contributed by atoms with Gasteiger partial charge in [-0.2, -0.15) is 0 Å². The lowest BCUT2D eigenvalue weighted by Gasteiger charge is -2.13. The number of esters is 2. The van der Waals surface area contributed by atoms with E-state index in [9.17, 15) is 9.59 Å². The minimum absolute atomic E-state index is 0.157. The number of hydrogen-bond donors (Lipinski definition) is 0. The van der Waals surface area contributed by atoms with Crippen LogP contribution in [0.15, 0.2) is 23.3 Å². The van der Waals surface area contributed by atoms with Gasteiger partial charge in [0.05, 0.1) is 25.4 Å². The van der Waals surface area contributed by atoms with E-state index < -0.39 is 17.5 Å². The second-order valence-electron chi connectivity index (χ2n) is 3.84. The third-order valence-corrected chi connectivity index (χ3v) is 2.74. The summed E-state index contributed by atoms with van der Waals surface area (Å²) in [7, 11) is 2.53. The maximum atomic E-state index is 11.5. The van der Waals surface area contributed by atoms with Crippen molar-refractivity contribution in [3.63, 3.8) is 0 Å². The number of rotatable bonds is 2. The van der Waals surface area contributed by atoms with Crippen LogP contribution < -0.4 is 0 Å². The van der Waals surface area contributed by atoms with Crippen molar-refractivity contribution in [3.8, 4) is 0 Å². The van der Waals surface area contributed by atoms with Crippen LogP contribution in [-0.2, 0) is 23.8 Å². The fraction of sp³-hybridized carbons (Fsp3) is 0.455. The lowest BCUT2D eigenvalue weighted by molar-refractivity contribution is -0.139. The zero-order valence-electron chi connectivity index (χ0n) is 9.27. The van der Waals surface area contributed by atoms with Gasteiger partial charge in [-0.1, -0.05) is 0 Å². The van der Waals surface area contributed by atoms with E-state index in [1.165, 1.54) is 14.2 Å². The van der Waals surface area contributed by atoms with E-state index in [0.29, 0.717) is 0 Å². The second kappa shape index (κ2) is 3.45. The molecule has 0 saturated carbocycles. The van der Waals surface area contributed by atoms with Gasteiger partial charge in [0, 0.05) is 0 Å². The van der Waals surface area contributed by atoms with Crippen LogP contribution in [0.3, 0.4) is 0 Å². The molecule has 1 fully saturated rings. The highest BCUT2D eigenvalue weighted by atomic mass is 16.6. The monoisotopic (exact) mass is 224 g/mol. The zero-order valence-corrected chi connectivity index (χ0v) is 9.27. The normalized spacial score (nSPS) is 30.8.